The van der Waals surface area contributed by atoms with Crippen molar-refractivity contribution in [2.75, 3.05) is 12.1 Å². The van der Waals surface area contributed by atoms with Crippen LogP contribution in [0.25, 0.3) is 0 Å². The van der Waals surface area contributed by atoms with Crippen LogP contribution in [0, 0.1) is 0 Å². The fraction of sp³-hybridized carbons (Fsp3) is 0.600. The summed E-state index contributed by atoms with van der Waals surface area (Å²) in [5, 5.41) is 18.9. The van der Waals surface area contributed by atoms with Crippen LogP contribution in [0.3, 0.4) is 0 Å². The minimum atomic E-state index is 0.464. The molecule has 60 valence electrons. The molecular formula is C5H10N6. The number of anilines is 1. The molecule has 0 aliphatic heterocycles. The summed E-state index contributed by atoms with van der Waals surface area (Å²) in [6.07, 6.45) is 0. The van der Waals surface area contributed by atoms with Gasteiger partial charge < -0.3 is 0 Å². The summed E-state index contributed by atoms with van der Waals surface area (Å²) in [5.74, 6) is 0.464. The zero-order chi connectivity index (χ0) is 8.27. The number of hydrogen-bond acceptors (Lipinski definition) is 5. The number of H-pyrrole nitrogens is 1. The van der Waals surface area contributed by atoms with Gasteiger partial charge in [0.1, 0.15) is 0 Å². The van der Waals surface area contributed by atoms with E-state index in [1.54, 1.807) is 12.1 Å². The minimum Gasteiger partial charge on any atom is -0.232 e. The van der Waals surface area contributed by atoms with Crippen LogP contribution >= 0.6 is 0 Å². The van der Waals surface area contributed by atoms with Crippen LogP contribution in [-0.2, 0) is 0 Å². The second-order valence-corrected chi connectivity index (χ2v) is 2.28. The van der Waals surface area contributed by atoms with Gasteiger partial charge in [0.05, 0.1) is 0 Å². The Hall–Kier alpha value is -1.46. The van der Waals surface area contributed by atoms with E-state index in [4.69, 9.17) is 0 Å². The Bertz CT molecular complexity index is 233. The highest BCUT2D eigenvalue weighted by atomic mass is 15.6. The Labute approximate surface area is 64.3 Å². The number of aromatic amines is 1. The van der Waals surface area contributed by atoms with Gasteiger partial charge in [-0.3, -0.25) is 0 Å². The average Bonchev–Trinajstić information content (AvgIpc) is 2.35. The van der Waals surface area contributed by atoms with E-state index in [-0.39, 0.29) is 0 Å². The highest BCUT2D eigenvalue weighted by molar-refractivity contribution is 5.79. The summed E-state index contributed by atoms with van der Waals surface area (Å²) < 4.78 is 0. The summed E-state index contributed by atoms with van der Waals surface area (Å²) >= 11 is 0. The molecule has 0 saturated heterocycles. The van der Waals surface area contributed by atoms with Crippen LogP contribution in [0.4, 0.5) is 5.95 Å². The third kappa shape index (κ3) is 1.99. The van der Waals surface area contributed by atoms with E-state index in [9.17, 15) is 0 Å². The van der Waals surface area contributed by atoms with Crippen LogP contribution in [0.1, 0.15) is 13.8 Å². The van der Waals surface area contributed by atoms with Gasteiger partial charge >= 0.3 is 0 Å². The quantitative estimate of drug-likeness (QED) is 0.482. The topological polar surface area (TPSA) is 70.1 Å². The lowest BCUT2D eigenvalue weighted by Gasteiger charge is -2.05. The van der Waals surface area contributed by atoms with Gasteiger partial charge in [-0.1, -0.05) is 5.10 Å². The molecular weight excluding hydrogens is 144 g/mol. The van der Waals surface area contributed by atoms with Crippen LogP contribution < -0.4 is 5.01 Å². The predicted molar refractivity (Wildman–Crippen MR) is 41.4 cm³/mol. The third-order valence-electron chi connectivity index (χ3n) is 0.974. The molecule has 0 fully saturated rings. The van der Waals surface area contributed by atoms with Crippen molar-refractivity contribution in [3.05, 3.63) is 0 Å². The number of tetrazole rings is 1. The fourth-order valence-corrected chi connectivity index (χ4v) is 0.638. The normalized spacial score (nSPS) is 9.36. The van der Waals surface area contributed by atoms with Crippen molar-refractivity contribution in [2.45, 2.75) is 13.8 Å². The Morgan fingerprint density at radius 2 is 2.27 bits per heavy atom. The van der Waals surface area contributed by atoms with Gasteiger partial charge in [-0.05, 0) is 19.1 Å². The molecule has 0 bridgehead atoms. The van der Waals surface area contributed by atoms with Crippen LogP contribution in [-0.4, -0.2) is 33.4 Å². The predicted octanol–water partition coefficient (Wildman–Crippen LogP) is 0.0317. The van der Waals surface area contributed by atoms with Gasteiger partial charge in [-0.2, -0.15) is 10.3 Å². The molecule has 0 aromatic carbocycles. The lowest BCUT2D eigenvalue weighted by atomic mass is 10.5. The van der Waals surface area contributed by atoms with Crippen molar-refractivity contribution in [3.8, 4) is 0 Å². The first kappa shape index (κ1) is 7.64. The maximum Gasteiger partial charge on any atom is 0.285 e. The van der Waals surface area contributed by atoms with Gasteiger partial charge in [-0.25, -0.2) is 5.01 Å². The first-order valence-electron chi connectivity index (χ1n) is 3.19. The summed E-state index contributed by atoms with van der Waals surface area (Å²) in [5.41, 5.74) is 0.942. The highest BCUT2D eigenvalue weighted by Crippen LogP contribution is 1.99. The van der Waals surface area contributed by atoms with Crippen LogP contribution in [0.5, 0.6) is 0 Å². The monoisotopic (exact) mass is 154 g/mol. The largest absolute Gasteiger partial charge is 0.285 e. The summed E-state index contributed by atoms with van der Waals surface area (Å²) in [6.45, 7) is 3.80. The lowest BCUT2D eigenvalue weighted by molar-refractivity contribution is 0.881. The Morgan fingerprint density at radius 1 is 1.55 bits per heavy atom. The molecule has 1 N–H and O–H groups in total. The molecule has 0 saturated carbocycles. The average molecular weight is 154 g/mol. The maximum atomic E-state index is 4.08. The first-order valence-corrected chi connectivity index (χ1v) is 3.19. The molecule has 0 amide bonds. The summed E-state index contributed by atoms with van der Waals surface area (Å²) in [7, 11) is 1.76. The summed E-state index contributed by atoms with van der Waals surface area (Å²) in [6, 6.07) is 0. The molecule has 0 spiro atoms. The molecule has 1 aromatic rings. The van der Waals surface area contributed by atoms with Gasteiger partial charge in [-0.15, -0.1) is 5.10 Å². The molecule has 1 heterocycles. The van der Waals surface area contributed by atoms with Crippen molar-refractivity contribution in [2.24, 2.45) is 5.10 Å². The summed E-state index contributed by atoms with van der Waals surface area (Å²) in [4.78, 5) is 0. The molecule has 6 heteroatoms. The Balaban J connectivity index is 2.71. The van der Waals surface area contributed by atoms with Crippen LogP contribution in [0.15, 0.2) is 5.10 Å². The smallest absolute Gasteiger partial charge is 0.232 e. The van der Waals surface area contributed by atoms with Gasteiger partial charge in [0, 0.05) is 12.8 Å². The van der Waals surface area contributed by atoms with Crippen molar-refractivity contribution in [3.63, 3.8) is 0 Å². The van der Waals surface area contributed by atoms with Gasteiger partial charge in [0.2, 0.25) is 0 Å². The zero-order valence-electron chi connectivity index (χ0n) is 6.74. The van der Waals surface area contributed by atoms with E-state index < -0.39 is 0 Å². The second kappa shape index (κ2) is 3.09. The van der Waals surface area contributed by atoms with Gasteiger partial charge in [0.25, 0.3) is 5.95 Å². The molecule has 1 rings (SSSR count). The Morgan fingerprint density at radius 3 is 2.73 bits per heavy atom. The van der Waals surface area contributed by atoms with Crippen molar-refractivity contribution in [1.29, 1.82) is 0 Å². The van der Waals surface area contributed by atoms with Gasteiger partial charge in [0.15, 0.2) is 0 Å². The molecule has 11 heavy (non-hydrogen) atoms. The van der Waals surface area contributed by atoms with E-state index in [0.29, 0.717) is 5.95 Å². The number of rotatable bonds is 2. The Kier molecular flexibility index (Phi) is 2.15. The number of aromatic nitrogens is 4. The van der Waals surface area contributed by atoms with E-state index in [1.165, 1.54) is 0 Å². The number of nitrogens with one attached hydrogen (secondary N) is 1. The van der Waals surface area contributed by atoms with Crippen LogP contribution in [0.2, 0.25) is 0 Å². The van der Waals surface area contributed by atoms with E-state index in [1.807, 2.05) is 13.8 Å². The molecule has 0 atom stereocenters. The zero-order valence-corrected chi connectivity index (χ0v) is 6.74. The van der Waals surface area contributed by atoms with E-state index >= 15 is 0 Å². The van der Waals surface area contributed by atoms with E-state index in [0.717, 1.165) is 5.71 Å². The molecule has 0 unspecified atom stereocenters. The molecule has 0 aliphatic rings. The first-order chi connectivity index (χ1) is 5.20. The minimum absolute atomic E-state index is 0.464. The van der Waals surface area contributed by atoms with Crippen molar-refractivity contribution < 1.29 is 0 Å². The van der Waals surface area contributed by atoms with E-state index in [2.05, 4.69) is 25.7 Å². The van der Waals surface area contributed by atoms with Crippen molar-refractivity contribution in [1.82, 2.24) is 20.6 Å². The maximum absolute atomic E-state index is 4.08. The number of hydrazone groups is 1. The molecule has 0 aliphatic carbocycles. The molecule has 0 radical (unpaired) electrons. The fourth-order valence-electron chi connectivity index (χ4n) is 0.638. The standard InChI is InChI=1S/C5H10N6/c1-4(2)8-11(3)5-6-9-10-7-5/h1-3H3,(H,6,7,9,10). The SMILES string of the molecule is CC(C)=NN(C)c1nn[nH]n1. The van der Waals surface area contributed by atoms with Crippen molar-refractivity contribution >= 4 is 11.7 Å². The number of hydrogen-bond donors (Lipinski definition) is 1. The molecule has 1 aromatic heterocycles. The third-order valence-corrected chi connectivity index (χ3v) is 0.974. The number of nitrogens with zero attached hydrogens (tertiary/aromatic N) is 5. The highest BCUT2D eigenvalue weighted by Gasteiger charge is 2.01. The molecule has 6 nitrogen and oxygen atoms in total. The second-order valence-electron chi connectivity index (χ2n) is 2.28. The lowest BCUT2D eigenvalue weighted by Crippen LogP contribution is -2.12.